The molecular formula is C15H15P. The lowest BCUT2D eigenvalue weighted by molar-refractivity contribution is 1.38. The Hall–Kier alpha value is -1.13. The molecule has 2 aromatic rings. The Morgan fingerprint density at radius 1 is 0.750 bits per heavy atom. The van der Waals surface area contributed by atoms with E-state index < -0.39 is 0 Å². The first-order chi connectivity index (χ1) is 7.84. The van der Waals surface area contributed by atoms with Crippen molar-refractivity contribution in [1.29, 1.82) is 0 Å². The Balaban J connectivity index is 2.26. The lowest BCUT2D eigenvalue weighted by Crippen LogP contribution is -1.86. The summed E-state index contributed by atoms with van der Waals surface area (Å²) in [5, 5.41) is 0. The molecule has 0 bridgehead atoms. The molecule has 0 N–H and O–H groups in total. The summed E-state index contributed by atoms with van der Waals surface area (Å²) >= 11 is 0. The molecule has 0 radical (unpaired) electrons. The SMILES string of the molecule is CP1Cc2ccccc2-c2ccccc2C1. The van der Waals surface area contributed by atoms with Crippen molar-refractivity contribution < 1.29 is 0 Å². The number of hydrogen-bond donors (Lipinski definition) is 0. The molecule has 1 aliphatic rings. The Kier molecular flexibility index (Phi) is 2.53. The smallest absolute Gasteiger partial charge is 0.00664 e. The predicted molar refractivity (Wildman–Crippen MR) is 72.1 cm³/mol. The Morgan fingerprint density at radius 2 is 1.19 bits per heavy atom. The molecule has 1 heterocycles. The second-order valence-corrected chi connectivity index (χ2v) is 6.83. The van der Waals surface area contributed by atoms with E-state index in [1.165, 1.54) is 34.6 Å². The van der Waals surface area contributed by atoms with Gasteiger partial charge in [-0.2, -0.15) is 0 Å². The van der Waals surface area contributed by atoms with Crippen LogP contribution in [0.2, 0.25) is 0 Å². The van der Waals surface area contributed by atoms with E-state index in [2.05, 4.69) is 55.2 Å². The zero-order valence-electron chi connectivity index (χ0n) is 9.48. The zero-order valence-corrected chi connectivity index (χ0v) is 10.4. The van der Waals surface area contributed by atoms with E-state index in [1.807, 2.05) is 0 Å². The van der Waals surface area contributed by atoms with Crippen LogP contribution in [0.3, 0.4) is 0 Å². The van der Waals surface area contributed by atoms with E-state index >= 15 is 0 Å². The fourth-order valence-electron chi connectivity index (χ4n) is 2.48. The van der Waals surface area contributed by atoms with Crippen molar-refractivity contribution in [2.24, 2.45) is 0 Å². The van der Waals surface area contributed by atoms with Crippen LogP contribution in [0.5, 0.6) is 0 Å². The molecule has 3 rings (SSSR count). The molecule has 1 aliphatic heterocycles. The van der Waals surface area contributed by atoms with E-state index in [-0.39, 0.29) is 7.92 Å². The highest BCUT2D eigenvalue weighted by atomic mass is 31.1. The molecule has 0 saturated heterocycles. The summed E-state index contributed by atoms with van der Waals surface area (Å²) in [6.45, 7) is 2.41. The minimum absolute atomic E-state index is 0.109. The largest absolute Gasteiger partial charge is 0.101 e. The molecule has 0 amide bonds. The summed E-state index contributed by atoms with van der Waals surface area (Å²) in [4.78, 5) is 0. The molecule has 0 fully saturated rings. The van der Waals surface area contributed by atoms with Gasteiger partial charge in [0.15, 0.2) is 0 Å². The van der Waals surface area contributed by atoms with Crippen LogP contribution in [0.4, 0.5) is 0 Å². The highest BCUT2D eigenvalue weighted by Gasteiger charge is 2.16. The summed E-state index contributed by atoms with van der Waals surface area (Å²) in [5.41, 5.74) is 5.96. The van der Waals surface area contributed by atoms with Gasteiger partial charge in [-0.25, -0.2) is 0 Å². The Labute approximate surface area is 98.1 Å². The first kappa shape index (κ1) is 10.1. The van der Waals surface area contributed by atoms with Gasteiger partial charge in [0, 0.05) is 0 Å². The van der Waals surface area contributed by atoms with Gasteiger partial charge < -0.3 is 0 Å². The third kappa shape index (κ3) is 1.68. The van der Waals surface area contributed by atoms with E-state index in [9.17, 15) is 0 Å². The molecule has 0 unspecified atom stereocenters. The fourth-order valence-corrected chi connectivity index (χ4v) is 4.31. The molecule has 0 aromatic heterocycles. The van der Waals surface area contributed by atoms with Crippen LogP contribution >= 0.6 is 7.92 Å². The Morgan fingerprint density at radius 3 is 1.69 bits per heavy atom. The molecule has 1 heteroatoms. The lowest BCUT2D eigenvalue weighted by atomic mass is 9.97. The van der Waals surface area contributed by atoms with Gasteiger partial charge in [-0.15, -0.1) is 7.92 Å². The first-order valence-corrected chi connectivity index (χ1v) is 7.85. The Bertz CT molecular complexity index is 469. The summed E-state index contributed by atoms with van der Waals surface area (Å²) in [6.07, 6.45) is 2.53. The van der Waals surface area contributed by atoms with E-state index in [1.54, 1.807) is 0 Å². The van der Waals surface area contributed by atoms with Gasteiger partial charge in [0.25, 0.3) is 0 Å². The highest BCUT2D eigenvalue weighted by molar-refractivity contribution is 7.55. The van der Waals surface area contributed by atoms with Crippen molar-refractivity contribution in [1.82, 2.24) is 0 Å². The van der Waals surface area contributed by atoms with Crippen molar-refractivity contribution in [3.63, 3.8) is 0 Å². The standard InChI is InChI=1S/C15H15P/c1-16-10-12-6-2-4-8-14(12)15-9-5-3-7-13(15)11-16/h2-9H,10-11H2,1H3. The van der Waals surface area contributed by atoms with Crippen LogP contribution in [0.15, 0.2) is 48.5 Å². The molecule has 0 saturated carbocycles. The van der Waals surface area contributed by atoms with E-state index in [0.717, 1.165) is 0 Å². The molecule has 0 nitrogen and oxygen atoms in total. The molecule has 80 valence electrons. The van der Waals surface area contributed by atoms with Gasteiger partial charge in [0.1, 0.15) is 0 Å². The summed E-state index contributed by atoms with van der Waals surface area (Å²) < 4.78 is 0. The normalized spacial score (nSPS) is 15.1. The second kappa shape index (κ2) is 4.03. The van der Waals surface area contributed by atoms with Crippen LogP contribution in [-0.4, -0.2) is 6.66 Å². The van der Waals surface area contributed by atoms with Crippen molar-refractivity contribution in [3.05, 3.63) is 59.7 Å². The first-order valence-electron chi connectivity index (χ1n) is 5.69. The van der Waals surface area contributed by atoms with Crippen LogP contribution in [0.25, 0.3) is 11.1 Å². The third-order valence-corrected chi connectivity index (χ3v) is 4.97. The van der Waals surface area contributed by atoms with Crippen LogP contribution < -0.4 is 0 Å². The van der Waals surface area contributed by atoms with Crippen LogP contribution in [0.1, 0.15) is 11.1 Å². The van der Waals surface area contributed by atoms with Crippen LogP contribution in [0, 0.1) is 0 Å². The maximum absolute atomic E-state index is 2.41. The fraction of sp³-hybridized carbons (Fsp3) is 0.200. The average molecular weight is 226 g/mol. The molecule has 2 aromatic carbocycles. The summed E-state index contributed by atoms with van der Waals surface area (Å²) in [7, 11) is 0.109. The number of rotatable bonds is 0. The molecule has 0 spiro atoms. The van der Waals surface area contributed by atoms with Gasteiger partial charge in [0.2, 0.25) is 0 Å². The molecule has 0 atom stereocenters. The minimum atomic E-state index is 0.109. The predicted octanol–water partition coefficient (Wildman–Crippen LogP) is 4.48. The highest BCUT2D eigenvalue weighted by Crippen LogP contribution is 2.46. The number of fused-ring (bicyclic) bond motifs is 3. The van der Waals surface area contributed by atoms with Gasteiger partial charge in [-0.1, -0.05) is 48.5 Å². The quantitative estimate of drug-likeness (QED) is 0.581. The van der Waals surface area contributed by atoms with E-state index in [4.69, 9.17) is 0 Å². The zero-order chi connectivity index (χ0) is 11.0. The van der Waals surface area contributed by atoms with Gasteiger partial charge in [-0.05, 0) is 41.2 Å². The minimum Gasteiger partial charge on any atom is -0.101 e. The average Bonchev–Trinajstić information content (AvgIpc) is 2.44. The van der Waals surface area contributed by atoms with Crippen molar-refractivity contribution in [2.75, 3.05) is 6.66 Å². The van der Waals surface area contributed by atoms with Gasteiger partial charge >= 0.3 is 0 Å². The summed E-state index contributed by atoms with van der Waals surface area (Å²) in [6, 6.07) is 17.7. The van der Waals surface area contributed by atoms with Crippen LogP contribution in [-0.2, 0) is 12.3 Å². The van der Waals surface area contributed by atoms with Gasteiger partial charge in [-0.3, -0.25) is 0 Å². The monoisotopic (exact) mass is 226 g/mol. The lowest BCUT2D eigenvalue weighted by Gasteiger charge is -2.08. The van der Waals surface area contributed by atoms with Crippen molar-refractivity contribution >= 4 is 7.92 Å². The second-order valence-electron chi connectivity index (χ2n) is 4.49. The topological polar surface area (TPSA) is 0 Å². The number of benzene rings is 2. The molecular weight excluding hydrogens is 211 g/mol. The molecule has 16 heavy (non-hydrogen) atoms. The van der Waals surface area contributed by atoms with E-state index in [0.29, 0.717) is 0 Å². The van der Waals surface area contributed by atoms with Crippen molar-refractivity contribution in [3.8, 4) is 11.1 Å². The maximum Gasteiger partial charge on any atom is -0.00664 e. The molecule has 0 aliphatic carbocycles. The maximum atomic E-state index is 2.41. The third-order valence-electron chi connectivity index (χ3n) is 3.21. The number of hydrogen-bond acceptors (Lipinski definition) is 0. The van der Waals surface area contributed by atoms with Gasteiger partial charge in [0.05, 0.1) is 0 Å². The van der Waals surface area contributed by atoms with Crippen molar-refractivity contribution in [2.45, 2.75) is 12.3 Å². The summed E-state index contributed by atoms with van der Waals surface area (Å²) in [5.74, 6) is 0.